The molecular weight excluding hydrogens is 265 g/mol. The highest BCUT2D eigenvalue weighted by molar-refractivity contribution is 5.94. The molecule has 0 radical (unpaired) electrons. The highest BCUT2D eigenvalue weighted by atomic mass is 19.1. The number of aryl methyl sites for hydroxylation is 1. The van der Waals surface area contributed by atoms with E-state index in [0.29, 0.717) is 12.1 Å². The number of rotatable bonds is 3. The molecule has 0 atom stereocenters. The zero-order valence-electron chi connectivity index (χ0n) is 11.4. The maximum absolute atomic E-state index is 13.9. The number of carboxylic acid groups (broad SMARTS) is 1. The number of pyridine rings is 1. The lowest BCUT2D eigenvalue weighted by Gasteiger charge is -2.15. The topological polar surface area (TPSA) is 68.5 Å². The molecule has 0 unspecified atom stereocenters. The van der Waals surface area contributed by atoms with Gasteiger partial charge in [-0.05, 0) is 19.9 Å². The van der Waals surface area contributed by atoms with Gasteiger partial charge in [0.05, 0.1) is 18.0 Å². The van der Waals surface area contributed by atoms with E-state index < -0.39 is 17.2 Å². The molecule has 1 N–H and O–H groups in total. The molecule has 20 heavy (non-hydrogen) atoms. The van der Waals surface area contributed by atoms with Gasteiger partial charge in [-0.2, -0.15) is 0 Å². The SMILES string of the molecule is CCn1cc(C(=O)O)c(=O)c2cc(F)c(C)c(OC)c21. The maximum Gasteiger partial charge on any atom is 0.341 e. The Balaban J connectivity index is 3.09. The van der Waals surface area contributed by atoms with E-state index in [1.54, 1.807) is 18.4 Å². The van der Waals surface area contributed by atoms with E-state index >= 15 is 0 Å². The number of ether oxygens (including phenoxy) is 1. The Kier molecular flexibility index (Phi) is 3.48. The average Bonchev–Trinajstić information content (AvgIpc) is 2.41. The maximum atomic E-state index is 13.9. The van der Waals surface area contributed by atoms with Crippen LogP contribution in [-0.4, -0.2) is 22.8 Å². The molecule has 0 aliphatic carbocycles. The summed E-state index contributed by atoms with van der Waals surface area (Å²) >= 11 is 0. The third-order valence-electron chi connectivity index (χ3n) is 3.28. The minimum absolute atomic E-state index is 0.00620. The first kappa shape index (κ1) is 14.0. The second-order valence-electron chi connectivity index (χ2n) is 4.38. The van der Waals surface area contributed by atoms with Crippen LogP contribution in [0.15, 0.2) is 17.1 Å². The number of hydrogen-bond acceptors (Lipinski definition) is 3. The Morgan fingerprint density at radius 2 is 2.15 bits per heavy atom. The van der Waals surface area contributed by atoms with Crippen LogP contribution in [0.4, 0.5) is 4.39 Å². The normalized spacial score (nSPS) is 10.8. The van der Waals surface area contributed by atoms with Crippen molar-refractivity contribution in [2.45, 2.75) is 20.4 Å². The molecular formula is C14H14FNO4. The molecule has 1 aromatic carbocycles. The van der Waals surface area contributed by atoms with Crippen molar-refractivity contribution in [2.24, 2.45) is 0 Å². The van der Waals surface area contributed by atoms with Gasteiger partial charge in [0.2, 0.25) is 5.43 Å². The van der Waals surface area contributed by atoms with E-state index in [2.05, 4.69) is 0 Å². The number of methoxy groups -OCH3 is 1. The molecule has 6 heteroatoms. The third-order valence-corrected chi connectivity index (χ3v) is 3.28. The van der Waals surface area contributed by atoms with Crippen molar-refractivity contribution in [1.82, 2.24) is 4.57 Å². The Labute approximate surface area is 114 Å². The van der Waals surface area contributed by atoms with Crippen LogP contribution in [0.3, 0.4) is 0 Å². The summed E-state index contributed by atoms with van der Waals surface area (Å²) in [6.07, 6.45) is 1.26. The fraction of sp³-hybridized carbons (Fsp3) is 0.286. The fourth-order valence-corrected chi connectivity index (χ4v) is 2.25. The largest absolute Gasteiger partial charge is 0.494 e. The van der Waals surface area contributed by atoms with Crippen LogP contribution in [0.1, 0.15) is 22.8 Å². The molecule has 5 nitrogen and oxygen atoms in total. The standard InChI is InChI=1S/C14H14FNO4/c1-4-16-6-9(14(18)19)12(17)8-5-10(15)7(2)13(20-3)11(8)16/h5-6H,4H2,1-3H3,(H,18,19). The third kappa shape index (κ3) is 1.93. The van der Waals surface area contributed by atoms with Crippen LogP contribution >= 0.6 is 0 Å². The molecule has 0 amide bonds. The lowest BCUT2D eigenvalue weighted by atomic mass is 10.1. The molecule has 0 aliphatic heterocycles. The fourth-order valence-electron chi connectivity index (χ4n) is 2.25. The molecule has 0 bridgehead atoms. The number of aromatic nitrogens is 1. The minimum atomic E-state index is -1.33. The highest BCUT2D eigenvalue weighted by Crippen LogP contribution is 2.30. The number of benzene rings is 1. The van der Waals surface area contributed by atoms with Crippen molar-refractivity contribution in [2.75, 3.05) is 7.11 Å². The molecule has 106 valence electrons. The molecule has 1 aromatic heterocycles. The number of fused-ring (bicyclic) bond motifs is 1. The molecule has 0 saturated heterocycles. The quantitative estimate of drug-likeness (QED) is 0.935. The van der Waals surface area contributed by atoms with Crippen molar-refractivity contribution >= 4 is 16.9 Å². The first-order chi connectivity index (χ1) is 9.42. The van der Waals surface area contributed by atoms with Crippen LogP contribution in [0.2, 0.25) is 0 Å². The van der Waals surface area contributed by atoms with E-state index in [1.807, 2.05) is 0 Å². The second kappa shape index (κ2) is 4.96. The summed E-state index contributed by atoms with van der Waals surface area (Å²) < 4.78 is 20.6. The number of carboxylic acids is 1. The molecule has 0 aliphatic rings. The zero-order chi connectivity index (χ0) is 15.0. The van der Waals surface area contributed by atoms with E-state index in [4.69, 9.17) is 9.84 Å². The van der Waals surface area contributed by atoms with Crippen molar-refractivity contribution < 1.29 is 19.0 Å². The summed E-state index contributed by atoms with van der Waals surface area (Å²) in [5.41, 5.74) is -0.410. The van der Waals surface area contributed by atoms with Crippen molar-refractivity contribution in [3.63, 3.8) is 0 Å². The predicted molar refractivity (Wildman–Crippen MR) is 72.1 cm³/mol. The van der Waals surface area contributed by atoms with Crippen LogP contribution in [0.25, 0.3) is 10.9 Å². The zero-order valence-corrected chi connectivity index (χ0v) is 11.4. The number of hydrogen-bond donors (Lipinski definition) is 1. The number of nitrogens with zero attached hydrogens (tertiary/aromatic N) is 1. The van der Waals surface area contributed by atoms with Crippen molar-refractivity contribution in [1.29, 1.82) is 0 Å². The molecule has 0 fully saturated rings. The van der Waals surface area contributed by atoms with E-state index in [9.17, 15) is 14.0 Å². The Morgan fingerprint density at radius 3 is 2.65 bits per heavy atom. The summed E-state index contributed by atoms with van der Waals surface area (Å²) in [6.45, 7) is 3.77. The van der Waals surface area contributed by atoms with Gasteiger partial charge in [0, 0.05) is 18.3 Å². The van der Waals surface area contributed by atoms with Gasteiger partial charge in [-0.25, -0.2) is 9.18 Å². The molecule has 2 rings (SSSR count). The number of halogens is 1. The van der Waals surface area contributed by atoms with Gasteiger partial charge in [0.1, 0.15) is 17.1 Å². The predicted octanol–water partition coefficient (Wildman–Crippen LogP) is 2.18. The van der Waals surface area contributed by atoms with Gasteiger partial charge in [-0.3, -0.25) is 4.79 Å². The van der Waals surface area contributed by atoms with Crippen molar-refractivity contribution in [3.05, 3.63) is 39.4 Å². The molecule has 0 spiro atoms. The lowest BCUT2D eigenvalue weighted by Crippen LogP contribution is -2.19. The van der Waals surface area contributed by atoms with E-state index in [-0.39, 0.29) is 22.3 Å². The van der Waals surface area contributed by atoms with Crippen molar-refractivity contribution in [3.8, 4) is 5.75 Å². The number of aromatic carboxylic acids is 1. The molecule has 2 aromatic rings. The summed E-state index contributed by atoms with van der Waals surface area (Å²) in [5, 5.41) is 9.06. The summed E-state index contributed by atoms with van der Waals surface area (Å²) in [5.74, 6) is -1.69. The Hall–Kier alpha value is -2.37. The minimum Gasteiger partial charge on any atom is -0.494 e. The average molecular weight is 279 g/mol. The van der Waals surface area contributed by atoms with Crippen LogP contribution in [0.5, 0.6) is 5.75 Å². The summed E-state index contributed by atoms with van der Waals surface area (Å²) in [6, 6.07) is 1.06. The van der Waals surface area contributed by atoms with E-state index in [1.165, 1.54) is 13.3 Å². The highest BCUT2D eigenvalue weighted by Gasteiger charge is 2.20. The first-order valence-electron chi connectivity index (χ1n) is 6.05. The Morgan fingerprint density at radius 1 is 1.50 bits per heavy atom. The Bertz CT molecular complexity index is 764. The van der Waals surface area contributed by atoms with E-state index in [0.717, 1.165) is 6.07 Å². The van der Waals surface area contributed by atoms with Gasteiger partial charge < -0.3 is 14.4 Å². The number of carbonyl (C=O) groups is 1. The van der Waals surface area contributed by atoms with Crippen LogP contribution < -0.4 is 10.2 Å². The smallest absolute Gasteiger partial charge is 0.341 e. The molecule has 1 heterocycles. The van der Waals surface area contributed by atoms with Gasteiger partial charge in [0.25, 0.3) is 0 Å². The van der Waals surface area contributed by atoms with Gasteiger partial charge in [-0.1, -0.05) is 0 Å². The summed E-state index contributed by atoms with van der Waals surface area (Å²) in [7, 11) is 1.39. The monoisotopic (exact) mass is 279 g/mol. The van der Waals surface area contributed by atoms with Crippen LogP contribution in [0, 0.1) is 12.7 Å². The second-order valence-corrected chi connectivity index (χ2v) is 4.38. The molecule has 0 saturated carbocycles. The first-order valence-corrected chi connectivity index (χ1v) is 6.05. The van der Waals surface area contributed by atoms with Crippen LogP contribution in [-0.2, 0) is 6.54 Å². The van der Waals surface area contributed by atoms with Gasteiger partial charge in [-0.15, -0.1) is 0 Å². The van der Waals surface area contributed by atoms with Gasteiger partial charge in [0.15, 0.2) is 0 Å². The lowest BCUT2D eigenvalue weighted by molar-refractivity contribution is 0.0695. The van der Waals surface area contributed by atoms with Gasteiger partial charge >= 0.3 is 5.97 Å². The summed E-state index contributed by atoms with van der Waals surface area (Å²) in [4.78, 5) is 23.3.